The Balaban J connectivity index is 1.64. The third-order valence-electron chi connectivity index (χ3n) is 3.75. The second-order valence-electron chi connectivity index (χ2n) is 5.13. The first-order chi connectivity index (χ1) is 10.3. The summed E-state index contributed by atoms with van der Waals surface area (Å²) in [6, 6.07) is -0.00740. The number of aromatic amines is 1. The molecule has 2 heterocycles. The molecule has 0 aromatic carbocycles. The van der Waals surface area contributed by atoms with E-state index in [2.05, 4.69) is 20.7 Å². The van der Waals surface area contributed by atoms with Crippen molar-refractivity contribution in [3.8, 4) is 5.75 Å². The number of carbonyl (C=O) groups is 1. The minimum absolute atomic E-state index is 0.00740. The summed E-state index contributed by atoms with van der Waals surface area (Å²) in [5.74, 6) is 0.543. The Morgan fingerprint density at radius 2 is 2.48 bits per heavy atom. The van der Waals surface area contributed by atoms with Gasteiger partial charge in [-0.15, -0.1) is 0 Å². The van der Waals surface area contributed by atoms with Gasteiger partial charge in [-0.3, -0.25) is 9.89 Å². The Labute approximate surface area is 122 Å². The van der Waals surface area contributed by atoms with Crippen LogP contribution in [0.4, 0.5) is 0 Å². The van der Waals surface area contributed by atoms with Crippen molar-refractivity contribution in [2.75, 3.05) is 0 Å². The SMILES string of the molecule is CCc1nocc1C(=O)N[C@H]1CCC[C@H]1Oc1cn[nH]c1. The van der Waals surface area contributed by atoms with Crippen LogP contribution in [0.3, 0.4) is 0 Å². The van der Waals surface area contributed by atoms with Crippen LogP contribution in [0.15, 0.2) is 23.2 Å². The minimum Gasteiger partial charge on any atom is -0.485 e. The summed E-state index contributed by atoms with van der Waals surface area (Å²) in [5, 5.41) is 13.4. The lowest BCUT2D eigenvalue weighted by molar-refractivity contribution is 0.0892. The van der Waals surface area contributed by atoms with E-state index in [1.807, 2.05) is 6.92 Å². The average molecular weight is 290 g/mol. The number of ether oxygens (including phenoxy) is 1. The Morgan fingerprint density at radius 1 is 1.57 bits per heavy atom. The Hall–Kier alpha value is -2.31. The number of hydrogen-bond acceptors (Lipinski definition) is 5. The number of nitrogens with zero attached hydrogens (tertiary/aromatic N) is 2. The van der Waals surface area contributed by atoms with Crippen LogP contribution in [0.5, 0.6) is 5.75 Å². The lowest BCUT2D eigenvalue weighted by Gasteiger charge is -2.21. The molecule has 1 aliphatic rings. The van der Waals surface area contributed by atoms with E-state index in [4.69, 9.17) is 9.26 Å². The Kier molecular flexibility index (Phi) is 3.89. The number of amides is 1. The van der Waals surface area contributed by atoms with E-state index in [0.717, 1.165) is 19.3 Å². The van der Waals surface area contributed by atoms with E-state index in [1.165, 1.54) is 6.26 Å². The van der Waals surface area contributed by atoms with Gasteiger partial charge in [0, 0.05) is 0 Å². The maximum atomic E-state index is 12.3. The molecule has 0 unspecified atom stereocenters. The number of carbonyl (C=O) groups excluding carboxylic acids is 1. The van der Waals surface area contributed by atoms with Gasteiger partial charge in [0.2, 0.25) is 0 Å². The van der Waals surface area contributed by atoms with Crippen LogP contribution >= 0.6 is 0 Å². The van der Waals surface area contributed by atoms with Crippen LogP contribution in [0.2, 0.25) is 0 Å². The first-order valence-corrected chi connectivity index (χ1v) is 7.17. The van der Waals surface area contributed by atoms with Crippen LogP contribution in [0, 0.1) is 0 Å². The molecule has 1 saturated carbocycles. The third-order valence-corrected chi connectivity index (χ3v) is 3.75. The van der Waals surface area contributed by atoms with Crippen molar-refractivity contribution < 1.29 is 14.1 Å². The predicted octanol–water partition coefficient (Wildman–Crippen LogP) is 1.69. The largest absolute Gasteiger partial charge is 0.485 e. The van der Waals surface area contributed by atoms with Gasteiger partial charge in [0.15, 0.2) is 5.75 Å². The average Bonchev–Trinajstić information content (AvgIpc) is 3.21. The van der Waals surface area contributed by atoms with Crippen LogP contribution in [-0.4, -0.2) is 33.4 Å². The van der Waals surface area contributed by atoms with Gasteiger partial charge in [-0.2, -0.15) is 5.10 Å². The van der Waals surface area contributed by atoms with E-state index in [0.29, 0.717) is 23.4 Å². The van der Waals surface area contributed by atoms with Crippen molar-refractivity contribution in [3.63, 3.8) is 0 Å². The highest BCUT2D eigenvalue weighted by Crippen LogP contribution is 2.24. The summed E-state index contributed by atoms with van der Waals surface area (Å²) in [5.41, 5.74) is 1.18. The topological polar surface area (TPSA) is 93.0 Å². The lowest BCUT2D eigenvalue weighted by atomic mass is 10.1. The molecule has 2 atom stereocenters. The summed E-state index contributed by atoms with van der Waals surface area (Å²) in [6.07, 6.45) is 8.21. The highest BCUT2D eigenvalue weighted by molar-refractivity contribution is 5.95. The normalized spacial score (nSPS) is 21.4. The summed E-state index contributed by atoms with van der Waals surface area (Å²) in [7, 11) is 0. The number of hydrogen-bond donors (Lipinski definition) is 2. The maximum Gasteiger partial charge on any atom is 0.256 e. The summed E-state index contributed by atoms with van der Waals surface area (Å²) in [4.78, 5) is 12.3. The van der Waals surface area contributed by atoms with E-state index in [1.54, 1.807) is 12.4 Å². The van der Waals surface area contributed by atoms with Crippen LogP contribution in [0.1, 0.15) is 42.2 Å². The van der Waals surface area contributed by atoms with Crippen LogP contribution < -0.4 is 10.1 Å². The molecule has 0 aliphatic heterocycles. The molecule has 2 aromatic heterocycles. The molecule has 7 heteroatoms. The number of H-pyrrole nitrogens is 1. The van der Waals surface area contributed by atoms with Crippen LogP contribution in [0.25, 0.3) is 0 Å². The molecule has 2 N–H and O–H groups in total. The predicted molar refractivity (Wildman–Crippen MR) is 74.0 cm³/mol. The fourth-order valence-corrected chi connectivity index (χ4v) is 2.66. The monoisotopic (exact) mass is 290 g/mol. The summed E-state index contributed by atoms with van der Waals surface area (Å²) in [6.45, 7) is 1.94. The van der Waals surface area contributed by atoms with Crippen molar-refractivity contribution in [1.29, 1.82) is 0 Å². The highest BCUT2D eigenvalue weighted by atomic mass is 16.5. The molecule has 0 radical (unpaired) electrons. The molecular formula is C14H18N4O3. The van der Waals surface area contributed by atoms with Crippen molar-refractivity contribution >= 4 is 5.91 Å². The zero-order chi connectivity index (χ0) is 14.7. The molecule has 1 fully saturated rings. The Morgan fingerprint density at radius 3 is 3.24 bits per heavy atom. The van der Waals surface area contributed by atoms with Gasteiger partial charge in [-0.1, -0.05) is 12.1 Å². The van der Waals surface area contributed by atoms with E-state index < -0.39 is 0 Å². The first kappa shape index (κ1) is 13.7. The van der Waals surface area contributed by atoms with Gasteiger partial charge in [0.05, 0.1) is 24.1 Å². The van der Waals surface area contributed by atoms with Gasteiger partial charge in [-0.25, -0.2) is 0 Å². The zero-order valence-corrected chi connectivity index (χ0v) is 11.8. The maximum absolute atomic E-state index is 12.3. The minimum atomic E-state index is -0.152. The van der Waals surface area contributed by atoms with Gasteiger partial charge in [-0.05, 0) is 25.7 Å². The molecular weight excluding hydrogens is 272 g/mol. The van der Waals surface area contributed by atoms with Gasteiger partial charge in [0.25, 0.3) is 5.91 Å². The standard InChI is InChI=1S/C14H18N4O3/c1-2-11-10(8-20-18-11)14(19)17-12-4-3-5-13(12)21-9-6-15-16-7-9/h6-8,12-13H,2-5H2,1H3,(H,15,16)(H,17,19)/t12-,13+/m0/s1. The summed E-state index contributed by atoms with van der Waals surface area (Å²) >= 11 is 0. The number of nitrogens with one attached hydrogen (secondary N) is 2. The zero-order valence-electron chi connectivity index (χ0n) is 11.8. The molecule has 2 aromatic rings. The Bertz CT molecular complexity index is 593. The fraction of sp³-hybridized carbons (Fsp3) is 0.500. The quantitative estimate of drug-likeness (QED) is 0.874. The van der Waals surface area contributed by atoms with Crippen LogP contribution in [-0.2, 0) is 6.42 Å². The highest BCUT2D eigenvalue weighted by Gasteiger charge is 2.31. The first-order valence-electron chi connectivity index (χ1n) is 7.17. The number of rotatable bonds is 5. The molecule has 0 spiro atoms. The van der Waals surface area contributed by atoms with Crippen molar-refractivity contribution in [2.24, 2.45) is 0 Å². The third kappa shape index (κ3) is 2.91. The molecule has 1 amide bonds. The number of aryl methyl sites for hydroxylation is 1. The molecule has 1 aliphatic carbocycles. The van der Waals surface area contributed by atoms with Gasteiger partial charge < -0.3 is 14.6 Å². The van der Waals surface area contributed by atoms with Crippen molar-refractivity contribution in [3.05, 3.63) is 29.9 Å². The van der Waals surface area contributed by atoms with E-state index >= 15 is 0 Å². The number of aromatic nitrogens is 3. The van der Waals surface area contributed by atoms with Crippen molar-refractivity contribution in [2.45, 2.75) is 44.8 Å². The van der Waals surface area contributed by atoms with E-state index in [-0.39, 0.29) is 18.1 Å². The molecule has 0 bridgehead atoms. The molecule has 3 rings (SSSR count). The lowest BCUT2D eigenvalue weighted by Crippen LogP contribution is -2.42. The molecule has 7 nitrogen and oxygen atoms in total. The van der Waals surface area contributed by atoms with Crippen molar-refractivity contribution in [1.82, 2.24) is 20.7 Å². The molecule has 21 heavy (non-hydrogen) atoms. The molecule has 112 valence electrons. The van der Waals surface area contributed by atoms with Gasteiger partial charge in [0.1, 0.15) is 17.9 Å². The smallest absolute Gasteiger partial charge is 0.256 e. The van der Waals surface area contributed by atoms with Gasteiger partial charge >= 0.3 is 0 Å². The summed E-state index contributed by atoms with van der Waals surface area (Å²) < 4.78 is 10.7. The fourth-order valence-electron chi connectivity index (χ4n) is 2.66. The molecule has 0 saturated heterocycles. The van der Waals surface area contributed by atoms with E-state index in [9.17, 15) is 4.79 Å². The second kappa shape index (κ2) is 5.99. The second-order valence-corrected chi connectivity index (χ2v) is 5.13.